The van der Waals surface area contributed by atoms with Crippen LogP contribution in [0.25, 0.3) is 76.6 Å². The van der Waals surface area contributed by atoms with Gasteiger partial charge in [0.25, 0.3) is 0 Å². The maximum atomic E-state index is 5.25. The molecule has 254 valence electrons. The Labute approximate surface area is 317 Å². The molecular weight excluding hydrogens is 675 g/mol. The molecule has 9 aromatic rings. The van der Waals surface area contributed by atoms with Crippen molar-refractivity contribution in [3.8, 4) is 56.4 Å². The topological polar surface area (TPSA) is 38.7 Å². The molecule has 0 bridgehead atoms. The largest absolute Gasteiger partial charge is 0.208 e. The number of benzene rings is 7. The normalized spacial score (nSPS) is 14.5. The second-order valence-electron chi connectivity index (χ2n) is 15.0. The quantitative estimate of drug-likeness (QED) is 0.183. The van der Waals surface area contributed by atoms with Crippen molar-refractivity contribution in [2.75, 3.05) is 0 Å². The number of nitrogens with zero attached hydrogens (tertiary/aromatic N) is 3. The molecule has 0 aliphatic heterocycles. The fourth-order valence-electron chi connectivity index (χ4n) is 9.73. The third-order valence-corrected chi connectivity index (χ3v) is 13.2. The van der Waals surface area contributed by atoms with Crippen molar-refractivity contribution in [1.82, 2.24) is 15.0 Å². The zero-order valence-electron chi connectivity index (χ0n) is 29.5. The van der Waals surface area contributed by atoms with Crippen LogP contribution in [-0.4, -0.2) is 15.0 Å². The Balaban J connectivity index is 1.04. The van der Waals surface area contributed by atoms with Gasteiger partial charge in [-0.15, -0.1) is 11.3 Å². The van der Waals surface area contributed by atoms with Gasteiger partial charge in [0.15, 0.2) is 17.5 Å². The van der Waals surface area contributed by atoms with Crippen LogP contribution >= 0.6 is 11.3 Å². The van der Waals surface area contributed by atoms with Crippen molar-refractivity contribution < 1.29 is 0 Å². The Kier molecular flexibility index (Phi) is 6.38. The number of hydrogen-bond donors (Lipinski definition) is 0. The molecule has 0 saturated heterocycles. The first kappa shape index (κ1) is 30.3. The van der Waals surface area contributed by atoms with Gasteiger partial charge in [0.05, 0.1) is 5.41 Å². The van der Waals surface area contributed by atoms with Crippen molar-refractivity contribution in [3.63, 3.8) is 0 Å². The predicted octanol–water partition coefficient (Wildman–Crippen LogP) is 12.5. The Bertz CT molecular complexity index is 2970. The predicted molar refractivity (Wildman–Crippen MR) is 222 cm³/mol. The van der Waals surface area contributed by atoms with E-state index in [2.05, 4.69) is 133 Å². The van der Waals surface area contributed by atoms with E-state index in [9.17, 15) is 0 Å². The molecule has 4 heteroatoms. The fourth-order valence-corrected chi connectivity index (χ4v) is 10.9. The van der Waals surface area contributed by atoms with Gasteiger partial charge in [0.1, 0.15) is 0 Å². The van der Waals surface area contributed by atoms with E-state index in [0.717, 1.165) is 16.7 Å². The minimum Gasteiger partial charge on any atom is -0.208 e. The van der Waals surface area contributed by atoms with E-state index < -0.39 is 0 Å². The van der Waals surface area contributed by atoms with Crippen molar-refractivity contribution in [1.29, 1.82) is 0 Å². The summed E-state index contributed by atoms with van der Waals surface area (Å²) in [6.07, 6.45) is 4.96. The first-order valence-electron chi connectivity index (χ1n) is 19.0. The van der Waals surface area contributed by atoms with Gasteiger partial charge < -0.3 is 0 Å². The van der Waals surface area contributed by atoms with Gasteiger partial charge >= 0.3 is 0 Å². The molecule has 0 unspecified atom stereocenters. The van der Waals surface area contributed by atoms with E-state index in [1.807, 2.05) is 29.5 Å². The van der Waals surface area contributed by atoms with Crippen LogP contribution in [0.1, 0.15) is 46.2 Å². The molecule has 0 fully saturated rings. The van der Waals surface area contributed by atoms with Gasteiger partial charge in [0.2, 0.25) is 0 Å². The molecular formula is C50H33N3S. The maximum Gasteiger partial charge on any atom is 0.164 e. The molecule has 12 rings (SSSR count). The molecule has 0 radical (unpaired) electrons. The van der Waals surface area contributed by atoms with Gasteiger partial charge in [-0.1, -0.05) is 127 Å². The zero-order valence-corrected chi connectivity index (χ0v) is 30.3. The standard InChI is InChI=1S/C50H33N3S/c1-2-12-30(13-3-1)47-51-48(53-49(52-47)34-22-24-38-40-26-31-14-4-5-15-32(31)28-46(40)54-45(38)29-34)33-23-25-44-39(27-33)37-18-8-11-21-43(37)50(44)41-19-9-6-16-35(41)36-17-7-10-20-42(36)50/h1-3,6-13,16-29H,4-5,14-15H2. The van der Waals surface area contributed by atoms with Crippen LogP contribution in [0.2, 0.25) is 0 Å². The molecule has 0 atom stereocenters. The van der Waals surface area contributed by atoms with Crippen molar-refractivity contribution in [3.05, 3.63) is 185 Å². The van der Waals surface area contributed by atoms with Crippen molar-refractivity contribution >= 4 is 31.5 Å². The Morgan fingerprint density at radius 1 is 0.389 bits per heavy atom. The molecule has 2 heterocycles. The number of hydrogen-bond acceptors (Lipinski definition) is 4. The number of aromatic nitrogens is 3. The summed E-state index contributed by atoms with van der Waals surface area (Å²) in [6, 6.07) is 55.6. The Morgan fingerprint density at radius 2 is 0.889 bits per heavy atom. The van der Waals surface area contributed by atoms with E-state index in [1.54, 1.807) is 0 Å². The second-order valence-corrected chi connectivity index (χ2v) is 16.0. The summed E-state index contributed by atoms with van der Waals surface area (Å²) in [4.78, 5) is 15.5. The molecule has 0 saturated carbocycles. The molecule has 54 heavy (non-hydrogen) atoms. The van der Waals surface area contributed by atoms with Crippen LogP contribution in [0.15, 0.2) is 152 Å². The molecule has 7 aromatic carbocycles. The van der Waals surface area contributed by atoms with Crippen LogP contribution in [0.5, 0.6) is 0 Å². The smallest absolute Gasteiger partial charge is 0.164 e. The lowest BCUT2D eigenvalue weighted by atomic mass is 9.70. The summed E-state index contributed by atoms with van der Waals surface area (Å²) >= 11 is 1.88. The van der Waals surface area contributed by atoms with Crippen LogP contribution in [0, 0.1) is 0 Å². The van der Waals surface area contributed by atoms with Crippen molar-refractivity contribution in [2.45, 2.75) is 31.1 Å². The van der Waals surface area contributed by atoms with E-state index in [1.165, 1.54) is 101 Å². The lowest BCUT2D eigenvalue weighted by molar-refractivity contribution is 0.687. The third-order valence-electron chi connectivity index (χ3n) is 12.1. The molecule has 0 amide bonds. The van der Waals surface area contributed by atoms with Crippen LogP contribution < -0.4 is 0 Å². The minimum absolute atomic E-state index is 0.379. The second kappa shape index (κ2) is 11.4. The average Bonchev–Trinajstić information content (AvgIpc) is 3.86. The molecule has 3 aliphatic rings. The summed E-state index contributed by atoms with van der Waals surface area (Å²) in [7, 11) is 0. The first-order valence-corrected chi connectivity index (χ1v) is 19.8. The highest BCUT2D eigenvalue weighted by atomic mass is 32.1. The number of fused-ring (bicyclic) bond motifs is 14. The highest BCUT2D eigenvalue weighted by Gasteiger charge is 2.51. The van der Waals surface area contributed by atoms with Gasteiger partial charge in [-0.05, 0) is 106 Å². The lowest BCUT2D eigenvalue weighted by Gasteiger charge is -2.30. The summed E-state index contributed by atoms with van der Waals surface area (Å²) in [6.45, 7) is 0. The average molecular weight is 708 g/mol. The highest BCUT2D eigenvalue weighted by Crippen LogP contribution is 2.62. The maximum absolute atomic E-state index is 5.25. The highest BCUT2D eigenvalue weighted by molar-refractivity contribution is 7.25. The van der Waals surface area contributed by atoms with E-state index >= 15 is 0 Å². The van der Waals surface area contributed by atoms with Gasteiger partial charge in [0, 0.05) is 36.9 Å². The zero-order chi connectivity index (χ0) is 35.4. The van der Waals surface area contributed by atoms with E-state index in [-0.39, 0.29) is 5.41 Å². The molecule has 1 spiro atoms. The van der Waals surface area contributed by atoms with Crippen LogP contribution in [-0.2, 0) is 18.3 Å². The van der Waals surface area contributed by atoms with E-state index in [0.29, 0.717) is 17.5 Å². The van der Waals surface area contributed by atoms with Crippen LogP contribution in [0.4, 0.5) is 0 Å². The molecule has 3 nitrogen and oxygen atoms in total. The Hall–Kier alpha value is -6.23. The Morgan fingerprint density at radius 3 is 1.56 bits per heavy atom. The van der Waals surface area contributed by atoms with Crippen LogP contribution in [0.3, 0.4) is 0 Å². The summed E-state index contributed by atoms with van der Waals surface area (Å²) in [5.41, 5.74) is 16.1. The van der Waals surface area contributed by atoms with Gasteiger partial charge in [-0.3, -0.25) is 0 Å². The molecule has 2 aromatic heterocycles. The summed E-state index contributed by atoms with van der Waals surface area (Å²) < 4.78 is 2.64. The monoisotopic (exact) mass is 707 g/mol. The SMILES string of the molecule is c1ccc(-c2nc(-c3ccc4c(c3)-c3ccccc3C43c4ccccc4-c4ccccc43)nc(-c3ccc4c(c3)sc3cc5c(cc34)CCCC5)n2)cc1. The number of rotatable bonds is 3. The minimum atomic E-state index is -0.379. The number of thiophene rings is 1. The van der Waals surface area contributed by atoms with Crippen molar-refractivity contribution in [2.24, 2.45) is 0 Å². The molecule has 0 N–H and O–H groups in total. The number of aryl methyl sites for hydroxylation is 2. The van der Waals surface area contributed by atoms with Gasteiger partial charge in [-0.2, -0.15) is 0 Å². The third kappa shape index (κ3) is 4.20. The fraction of sp³-hybridized carbons (Fsp3) is 0.100. The van der Waals surface area contributed by atoms with Gasteiger partial charge in [-0.25, -0.2) is 15.0 Å². The van der Waals surface area contributed by atoms with E-state index in [4.69, 9.17) is 15.0 Å². The summed E-state index contributed by atoms with van der Waals surface area (Å²) in [5, 5.41) is 2.68. The first-order chi connectivity index (χ1) is 26.7. The summed E-state index contributed by atoms with van der Waals surface area (Å²) in [5.74, 6) is 2.04. The molecule has 3 aliphatic carbocycles. The lowest BCUT2D eigenvalue weighted by Crippen LogP contribution is -2.25.